The molecule has 1 amide bonds. The van der Waals surface area contributed by atoms with Crippen molar-refractivity contribution < 1.29 is 9.53 Å². The zero-order valence-electron chi connectivity index (χ0n) is 14.1. The van der Waals surface area contributed by atoms with Crippen molar-refractivity contribution in [2.75, 3.05) is 31.1 Å². The van der Waals surface area contributed by atoms with Gasteiger partial charge in [-0.15, -0.1) is 0 Å². The Morgan fingerprint density at radius 1 is 1.21 bits per heavy atom. The number of nitrogens with zero attached hydrogens (tertiary/aromatic N) is 1. The average molecular weight is 324 g/mol. The topological polar surface area (TPSA) is 41.6 Å². The highest BCUT2D eigenvalue weighted by atomic mass is 16.5. The summed E-state index contributed by atoms with van der Waals surface area (Å²) in [6, 6.07) is 16.7. The number of benzene rings is 2. The predicted molar refractivity (Wildman–Crippen MR) is 96.7 cm³/mol. The lowest BCUT2D eigenvalue weighted by Gasteiger charge is -2.20. The summed E-state index contributed by atoms with van der Waals surface area (Å²) in [7, 11) is 0. The van der Waals surface area contributed by atoms with Gasteiger partial charge in [-0.1, -0.05) is 36.4 Å². The van der Waals surface area contributed by atoms with Gasteiger partial charge in [0, 0.05) is 44.7 Å². The molecule has 4 nitrogen and oxygen atoms in total. The molecule has 2 aromatic rings. The smallest absolute Gasteiger partial charge is 0.216 e. The number of hydrogen-bond acceptors (Lipinski definition) is 3. The van der Waals surface area contributed by atoms with E-state index in [1.165, 1.54) is 16.8 Å². The molecule has 0 unspecified atom stereocenters. The van der Waals surface area contributed by atoms with Crippen LogP contribution in [-0.2, 0) is 17.6 Å². The molecule has 0 fully saturated rings. The molecule has 2 aromatic carbocycles. The Labute approximate surface area is 143 Å². The molecule has 4 heteroatoms. The highest BCUT2D eigenvalue weighted by Crippen LogP contribution is 2.31. The minimum Gasteiger partial charge on any atom is -0.493 e. The maximum atomic E-state index is 11.0. The summed E-state index contributed by atoms with van der Waals surface area (Å²) >= 11 is 0. The van der Waals surface area contributed by atoms with Crippen LogP contribution in [0.1, 0.15) is 18.1 Å². The van der Waals surface area contributed by atoms with Gasteiger partial charge in [0.25, 0.3) is 0 Å². The van der Waals surface area contributed by atoms with Crippen molar-refractivity contribution in [3.8, 4) is 5.75 Å². The first-order valence-electron chi connectivity index (χ1n) is 8.51. The second kappa shape index (κ2) is 7.86. The van der Waals surface area contributed by atoms with Crippen LogP contribution < -0.4 is 15.0 Å². The second-order valence-corrected chi connectivity index (χ2v) is 6.09. The van der Waals surface area contributed by atoms with Gasteiger partial charge in [-0.3, -0.25) is 4.79 Å². The van der Waals surface area contributed by atoms with Gasteiger partial charge in [0.15, 0.2) is 0 Å². The molecule has 0 atom stereocenters. The van der Waals surface area contributed by atoms with E-state index >= 15 is 0 Å². The van der Waals surface area contributed by atoms with E-state index in [0.717, 1.165) is 31.7 Å². The molecule has 0 saturated carbocycles. The summed E-state index contributed by atoms with van der Waals surface area (Å²) in [5, 5.41) is 2.86. The number of hydrogen-bond donors (Lipinski definition) is 1. The van der Waals surface area contributed by atoms with Gasteiger partial charge in [0.1, 0.15) is 5.75 Å². The summed E-state index contributed by atoms with van der Waals surface area (Å²) in [6.07, 6.45) is 1.96. The summed E-state index contributed by atoms with van der Waals surface area (Å²) in [5.74, 6) is 0.934. The van der Waals surface area contributed by atoms with Crippen LogP contribution in [0.5, 0.6) is 5.75 Å². The highest BCUT2D eigenvalue weighted by Gasteiger charge is 2.19. The number of ether oxygens (including phenoxy) is 1. The molecular weight excluding hydrogens is 300 g/mol. The fourth-order valence-electron chi connectivity index (χ4n) is 3.05. The van der Waals surface area contributed by atoms with E-state index in [-0.39, 0.29) is 5.91 Å². The fourth-order valence-corrected chi connectivity index (χ4v) is 3.05. The molecule has 0 radical (unpaired) electrons. The largest absolute Gasteiger partial charge is 0.493 e. The Balaban J connectivity index is 1.55. The lowest BCUT2D eigenvalue weighted by Crippen LogP contribution is -2.32. The Morgan fingerprint density at radius 2 is 2.04 bits per heavy atom. The summed E-state index contributed by atoms with van der Waals surface area (Å²) in [4.78, 5) is 13.3. The van der Waals surface area contributed by atoms with Gasteiger partial charge < -0.3 is 15.0 Å². The predicted octanol–water partition coefficient (Wildman–Crippen LogP) is 2.81. The molecular formula is C20H24N2O2. The normalized spacial score (nSPS) is 12.8. The molecule has 126 valence electrons. The van der Waals surface area contributed by atoms with Gasteiger partial charge in [-0.05, 0) is 23.6 Å². The van der Waals surface area contributed by atoms with Gasteiger partial charge in [0.05, 0.1) is 6.61 Å². The van der Waals surface area contributed by atoms with Crippen LogP contribution in [0.2, 0.25) is 0 Å². The molecule has 1 heterocycles. The number of rotatable bonds is 7. The maximum Gasteiger partial charge on any atom is 0.216 e. The van der Waals surface area contributed by atoms with Crippen molar-refractivity contribution in [3.05, 3.63) is 59.7 Å². The number of fused-ring (bicyclic) bond motifs is 1. The zero-order valence-corrected chi connectivity index (χ0v) is 14.1. The van der Waals surface area contributed by atoms with E-state index in [0.29, 0.717) is 13.2 Å². The van der Waals surface area contributed by atoms with Crippen LogP contribution in [0.25, 0.3) is 0 Å². The number of carbonyl (C=O) groups is 1. The van der Waals surface area contributed by atoms with Crippen LogP contribution in [-0.4, -0.2) is 32.1 Å². The van der Waals surface area contributed by atoms with E-state index in [2.05, 4.69) is 52.7 Å². The van der Waals surface area contributed by atoms with E-state index in [1.807, 2.05) is 6.07 Å². The number of carbonyl (C=O) groups excluding carboxylic acids is 1. The maximum absolute atomic E-state index is 11.0. The first kappa shape index (κ1) is 16.4. The summed E-state index contributed by atoms with van der Waals surface area (Å²) < 4.78 is 5.93. The lowest BCUT2D eigenvalue weighted by molar-refractivity contribution is -0.118. The van der Waals surface area contributed by atoms with Gasteiger partial charge in [-0.25, -0.2) is 0 Å². The summed E-state index contributed by atoms with van der Waals surface area (Å²) in [5.41, 5.74) is 3.88. The third-order valence-electron chi connectivity index (χ3n) is 4.31. The Morgan fingerprint density at radius 3 is 2.83 bits per heavy atom. The molecule has 0 bridgehead atoms. The SMILES string of the molecule is CC(=O)NCCN1CCc2ccc(OCCc3ccccc3)cc21. The molecule has 1 N–H and O–H groups in total. The molecule has 0 aromatic heterocycles. The lowest BCUT2D eigenvalue weighted by atomic mass is 10.1. The van der Waals surface area contributed by atoms with E-state index in [4.69, 9.17) is 4.74 Å². The number of nitrogens with one attached hydrogen (secondary N) is 1. The van der Waals surface area contributed by atoms with Crippen LogP contribution in [0.15, 0.2) is 48.5 Å². The van der Waals surface area contributed by atoms with Crippen molar-refractivity contribution in [2.24, 2.45) is 0 Å². The molecule has 0 saturated heterocycles. The van der Waals surface area contributed by atoms with E-state index < -0.39 is 0 Å². The van der Waals surface area contributed by atoms with Gasteiger partial charge in [0.2, 0.25) is 5.91 Å². The van der Waals surface area contributed by atoms with Crippen LogP contribution >= 0.6 is 0 Å². The first-order valence-corrected chi connectivity index (χ1v) is 8.51. The van der Waals surface area contributed by atoms with E-state index in [1.54, 1.807) is 6.92 Å². The quantitative estimate of drug-likeness (QED) is 0.851. The van der Waals surface area contributed by atoms with Crippen molar-refractivity contribution in [2.45, 2.75) is 19.8 Å². The third-order valence-corrected chi connectivity index (χ3v) is 4.31. The van der Waals surface area contributed by atoms with Crippen molar-refractivity contribution >= 4 is 11.6 Å². The molecule has 24 heavy (non-hydrogen) atoms. The average Bonchev–Trinajstić information content (AvgIpc) is 2.98. The number of amides is 1. The first-order chi connectivity index (χ1) is 11.7. The van der Waals surface area contributed by atoms with Crippen molar-refractivity contribution in [3.63, 3.8) is 0 Å². The molecule has 0 spiro atoms. The molecule has 1 aliphatic heterocycles. The van der Waals surface area contributed by atoms with Crippen LogP contribution in [0, 0.1) is 0 Å². The standard InChI is InChI=1S/C20H24N2O2/c1-16(23)21-11-13-22-12-9-18-7-8-19(15-20(18)22)24-14-10-17-5-3-2-4-6-17/h2-8,15H,9-14H2,1H3,(H,21,23). The Bertz CT molecular complexity index is 685. The van der Waals surface area contributed by atoms with Crippen LogP contribution in [0.3, 0.4) is 0 Å². The summed E-state index contributed by atoms with van der Waals surface area (Å²) in [6.45, 7) is 4.74. The van der Waals surface area contributed by atoms with Gasteiger partial charge in [-0.2, -0.15) is 0 Å². The van der Waals surface area contributed by atoms with Crippen LogP contribution in [0.4, 0.5) is 5.69 Å². The van der Waals surface area contributed by atoms with E-state index in [9.17, 15) is 4.79 Å². The minimum atomic E-state index is 0.0208. The molecule has 3 rings (SSSR count). The Kier molecular flexibility index (Phi) is 5.36. The zero-order chi connectivity index (χ0) is 16.8. The molecule has 1 aliphatic rings. The Hall–Kier alpha value is -2.49. The van der Waals surface area contributed by atoms with Gasteiger partial charge >= 0.3 is 0 Å². The monoisotopic (exact) mass is 324 g/mol. The molecule has 0 aliphatic carbocycles. The van der Waals surface area contributed by atoms with Crippen molar-refractivity contribution in [1.29, 1.82) is 0 Å². The minimum absolute atomic E-state index is 0.0208. The van der Waals surface area contributed by atoms with Crippen molar-refractivity contribution in [1.82, 2.24) is 5.32 Å². The fraction of sp³-hybridized carbons (Fsp3) is 0.350. The highest BCUT2D eigenvalue weighted by molar-refractivity contribution is 5.72. The second-order valence-electron chi connectivity index (χ2n) is 6.09. The third kappa shape index (κ3) is 4.28. The number of anilines is 1.